The van der Waals surface area contributed by atoms with E-state index in [0.717, 1.165) is 57.3 Å². The lowest BCUT2D eigenvalue weighted by Crippen LogP contribution is -2.41. The van der Waals surface area contributed by atoms with Gasteiger partial charge in [0, 0.05) is 32.7 Å². The number of nitrogens with zero attached hydrogens (tertiary/aromatic N) is 1. The van der Waals surface area contributed by atoms with Crippen LogP contribution in [0, 0.1) is 0 Å². The smallest absolute Gasteiger partial charge is 0.191 e. The number of para-hydroxylation sites is 1. The zero-order valence-corrected chi connectivity index (χ0v) is 16.1. The van der Waals surface area contributed by atoms with Crippen LogP contribution >= 0.6 is 0 Å². The van der Waals surface area contributed by atoms with E-state index < -0.39 is 0 Å². The van der Waals surface area contributed by atoms with E-state index in [2.05, 4.69) is 34.7 Å². The summed E-state index contributed by atoms with van der Waals surface area (Å²) >= 11 is 0. The molecule has 26 heavy (non-hydrogen) atoms. The molecule has 1 aliphatic heterocycles. The Balaban J connectivity index is 1.59. The normalized spacial score (nSPS) is 16.7. The number of benzene rings is 1. The predicted molar refractivity (Wildman–Crippen MR) is 105 cm³/mol. The fraction of sp³-hybridized carbons (Fsp3) is 0.650. The summed E-state index contributed by atoms with van der Waals surface area (Å²) in [7, 11) is 1.79. The second-order valence-electron chi connectivity index (χ2n) is 6.33. The SMILES string of the molecule is CCCCOCCOCCNC(=NC)NCC1CCOc2ccccc21. The summed E-state index contributed by atoms with van der Waals surface area (Å²) in [5.41, 5.74) is 1.27. The summed E-state index contributed by atoms with van der Waals surface area (Å²) in [6, 6.07) is 8.27. The van der Waals surface area contributed by atoms with Crippen molar-refractivity contribution in [3.8, 4) is 5.75 Å². The minimum absolute atomic E-state index is 0.440. The molecule has 0 amide bonds. The van der Waals surface area contributed by atoms with Gasteiger partial charge < -0.3 is 24.8 Å². The van der Waals surface area contributed by atoms with Gasteiger partial charge in [-0.3, -0.25) is 4.99 Å². The number of fused-ring (bicyclic) bond motifs is 1. The van der Waals surface area contributed by atoms with Crippen LogP contribution in [-0.4, -0.2) is 59.1 Å². The average molecular weight is 364 g/mol. The molecule has 1 aliphatic rings. The number of rotatable bonds is 11. The van der Waals surface area contributed by atoms with E-state index in [1.807, 2.05) is 12.1 Å². The maximum Gasteiger partial charge on any atom is 0.191 e. The number of ether oxygens (including phenoxy) is 3. The maximum atomic E-state index is 5.72. The number of unbranched alkanes of at least 4 members (excludes halogenated alkanes) is 1. The van der Waals surface area contributed by atoms with Crippen molar-refractivity contribution in [2.24, 2.45) is 4.99 Å². The lowest BCUT2D eigenvalue weighted by molar-refractivity contribution is 0.0487. The molecule has 0 radical (unpaired) electrons. The van der Waals surface area contributed by atoms with Gasteiger partial charge in [0.05, 0.1) is 26.4 Å². The third-order valence-electron chi connectivity index (χ3n) is 4.38. The zero-order valence-electron chi connectivity index (χ0n) is 16.1. The van der Waals surface area contributed by atoms with Gasteiger partial charge >= 0.3 is 0 Å². The van der Waals surface area contributed by atoms with E-state index in [0.29, 0.717) is 25.7 Å². The Bertz CT molecular complexity index is 537. The van der Waals surface area contributed by atoms with Gasteiger partial charge in [-0.1, -0.05) is 31.5 Å². The molecule has 1 heterocycles. The lowest BCUT2D eigenvalue weighted by atomic mass is 9.93. The Labute approximate surface area is 157 Å². The summed E-state index contributed by atoms with van der Waals surface area (Å²) in [5.74, 6) is 2.25. The molecule has 0 fully saturated rings. The quantitative estimate of drug-likeness (QED) is 0.359. The first-order chi connectivity index (χ1) is 12.8. The van der Waals surface area contributed by atoms with Crippen LogP contribution in [0.5, 0.6) is 5.75 Å². The molecule has 0 aliphatic carbocycles. The molecule has 0 saturated heterocycles. The first-order valence-electron chi connectivity index (χ1n) is 9.67. The van der Waals surface area contributed by atoms with Crippen molar-refractivity contribution in [1.82, 2.24) is 10.6 Å². The Morgan fingerprint density at radius 1 is 1.15 bits per heavy atom. The fourth-order valence-corrected chi connectivity index (χ4v) is 2.88. The first kappa shape index (κ1) is 20.5. The van der Waals surface area contributed by atoms with Crippen molar-refractivity contribution < 1.29 is 14.2 Å². The number of hydrogen-bond acceptors (Lipinski definition) is 4. The van der Waals surface area contributed by atoms with Crippen molar-refractivity contribution in [3.63, 3.8) is 0 Å². The van der Waals surface area contributed by atoms with Crippen molar-refractivity contribution in [2.45, 2.75) is 32.1 Å². The molecule has 6 heteroatoms. The third kappa shape index (κ3) is 7.22. The van der Waals surface area contributed by atoms with Gasteiger partial charge in [-0.25, -0.2) is 0 Å². The zero-order chi connectivity index (χ0) is 18.5. The van der Waals surface area contributed by atoms with E-state index in [9.17, 15) is 0 Å². The summed E-state index contributed by atoms with van der Waals surface area (Å²) in [6.45, 7) is 7.25. The molecule has 2 rings (SSSR count). The van der Waals surface area contributed by atoms with Crippen molar-refractivity contribution in [1.29, 1.82) is 0 Å². The highest BCUT2D eigenvalue weighted by molar-refractivity contribution is 5.79. The molecule has 0 spiro atoms. The molecule has 146 valence electrons. The van der Waals surface area contributed by atoms with Gasteiger partial charge in [-0.15, -0.1) is 0 Å². The minimum atomic E-state index is 0.440. The molecule has 6 nitrogen and oxygen atoms in total. The second-order valence-corrected chi connectivity index (χ2v) is 6.33. The minimum Gasteiger partial charge on any atom is -0.493 e. The molecule has 1 atom stereocenters. The number of hydrogen-bond donors (Lipinski definition) is 2. The highest BCUT2D eigenvalue weighted by atomic mass is 16.5. The van der Waals surface area contributed by atoms with Gasteiger partial charge in [-0.05, 0) is 24.5 Å². The van der Waals surface area contributed by atoms with Crippen LogP contribution < -0.4 is 15.4 Å². The van der Waals surface area contributed by atoms with E-state index in [-0.39, 0.29) is 0 Å². The molecule has 0 bridgehead atoms. The molecule has 2 N–H and O–H groups in total. The average Bonchev–Trinajstić information content (AvgIpc) is 2.69. The summed E-state index contributed by atoms with van der Waals surface area (Å²) in [5, 5.41) is 6.69. The maximum absolute atomic E-state index is 5.72. The van der Waals surface area contributed by atoms with Crippen LogP contribution in [0.1, 0.15) is 37.7 Å². The molecular formula is C20H33N3O3. The summed E-state index contributed by atoms with van der Waals surface area (Å²) < 4.78 is 16.7. The topological polar surface area (TPSA) is 64.1 Å². The monoisotopic (exact) mass is 363 g/mol. The second kappa shape index (κ2) is 12.5. The number of guanidine groups is 1. The summed E-state index contributed by atoms with van der Waals surface area (Å²) in [4.78, 5) is 4.28. The van der Waals surface area contributed by atoms with Crippen molar-refractivity contribution >= 4 is 5.96 Å². The van der Waals surface area contributed by atoms with Crippen LogP contribution in [0.3, 0.4) is 0 Å². The molecular weight excluding hydrogens is 330 g/mol. The van der Waals surface area contributed by atoms with Crippen LogP contribution in [-0.2, 0) is 9.47 Å². The van der Waals surface area contributed by atoms with Gasteiger partial charge in [-0.2, -0.15) is 0 Å². The van der Waals surface area contributed by atoms with Crippen LogP contribution in [0.25, 0.3) is 0 Å². The van der Waals surface area contributed by atoms with Crippen LogP contribution in [0.15, 0.2) is 29.3 Å². The lowest BCUT2D eigenvalue weighted by Gasteiger charge is -2.26. The van der Waals surface area contributed by atoms with Gasteiger partial charge in [0.1, 0.15) is 5.75 Å². The highest BCUT2D eigenvalue weighted by Crippen LogP contribution is 2.32. The molecule has 0 saturated carbocycles. The Morgan fingerprint density at radius 2 is 1.96 bits per heavy atom. The van der Waals surface area contributed by atoms with E-state index in [1.54, 1.807) is 7.05 Å². The fourth-order valence-electron chi connectivity index (χ4n) is 2.88. The summed E-state index contributed by atoms with van der Waals surface area (Å²) in [6.07, 6.45) is 3.29. The standard InChI is InChI=1S/C20H33N3O3/c1-3-4-11-24-14-15-25-13-10-22-20(21-2)23-16-17-9-12-26-19-8-6-5-7-18(17)19/h5-8,17H,3-4,9-16H2,1-2H3,(H2,21,22,23). The third-order valence-corrected chi connectivity index (χ3v) is 4.38. The molecule has 1 aromatic carbocycles. The van der Waals surface area contributed by atoms with Crippen molar-refractivity contribution in [2.75, 3.05) is 53.2 Å². The van der Waals surface area contributed by atoms with E-state index in [4.69, 9.17) is 14.2 Å². The van der Waals surface area contributed by atoms with E-state index >= 15 is 0 Å². The Hall–Kier alpha value is -1.79. The Kier molecular flexibility index (Phi) is 9.90. The predicted octanol–water partition coefficient (Wildman–Crippen LogP) is 2.55. The highest BCUT2D eigenvalue weighted by Gasteiger charge is 2.20. The van der Waals surface area contributed by atoms with Crippen LogP contribution in [0.4, 0.5) is 0 Å². The molecule has 1 unspecified atom stereocenters. The van der Waals surface area contributed by atoms with E-state index in [1.165, 1.54) is 5.56 Å². The number of aliphatic imine (C=N–C) groups is 1. The number of nitrogens with one attached hydrogen (secondary N) is 2. The largest absolute Gasteiger partial charge is 0.493 e. The van der Waals surface area contributed by atoms with Gasteiger partial charge in [0.2, 0.25) is 0 Å². The molecule has 0 aromatic heterocycles. The van der Waals surface area contributed by atoms with Gasteiger partial charge in [0.15, 0.2) is 5.96 Å². The van der Waals surface area contributed by atoms with Crippen LogP contribution in [0.2, 0.25) is 0 Å². The van der Waals surface area contributed by atoms with Crippen molar-refractivity contribution in [3.05, 3.63) is 29.8 Å². The molecule has 1 aromatic rings. The first-order valence-corrected chi connectivity index (χ1v) is 9.67. The Morgan fingerprint density at radius 3 is 2.77 bits per heavy atom. The van der Waals surface area contributed by atoms with Gasteiger partial charge in [0.25, 0.3) is 0 Å².